The Kier molecular flexibility index (Phi) is 53.1. The van der Waals surface area contributed by atoms with Crippen LogP contribution in [0.1, 0.15) is 309 Å². The number of ether oxygens (including phenoxy) is 2. The zero-order valence-corrected chi connectivity index (χ0v) is 45.3. The monoisotopic (exact) mass is 970 g/mol. The van der Waals surface area contributed by atoms with Crippen molar-refractivity contribution in [3.63, 3.8) is 0 Å². The maximum absolute atomic E-state index is 12.6. The number of phosphoric ester groups is 1. The van der Waals surface area contributed by atoms with E-state index in [2.05, 4.69) is 26.0 Å². The summed E-state index contributed by atoms with van der Waals surface area (Å²) >= 11 is 0. The van der Waals surface area contributed by atoms with Crippen molar-refractivity contribution in [1.82, 2.24) is 0 Å². The minimum Gasteiger partial charge on any atom is -0.462 e. The van der Waals surface area contributed by atoms with Gasteiger partial charge in [0.25, 0.3) is 0 Å². The number of phosphoric acid groups is 1. The highest BCUT2D eigenvalue weighted by atomic mass is 31.2. The second-order valence-electron chi connectivity index (χ2n) is 19.9. The molecule has 0 amide bonds. The van der Waals surface area contributed by atoms with E-state index in [4.69, 9.17) is 24.3 Å². The fraction of sp³-hybridized carbons (Fsp3) is 0.930. The first kappa shape index (κ1) is 65.8. The third kappa shape index (κ3) is 53.9. The fourth-order valence-electron chi connectivity index (χ4n) is 8.81. The van der Waals surface area contributed by atoms with Crippen LogP contribution < -0.4 is 5.73 Å². The van der Waals surface area contributed by atoms with E-state index in [1.807, 2.05) is 0 Å². The molecule has 0 aliphatic heterocycles. The molecule has 0 aromatic rings. The molecule has 10 heteroatoms. The van der Waals surface area contributed by atoms with Gasteiger partial charge in [-0.2, -0.15) is 0 Å². The lowest BCUT2D eigenvalue weighted by atomic mass is 10.0. The van der Waals surface area contributed by atoms with Crippen LogP contribution >= 0.6 is 7.82 Å². The predicted octanol–water partition coefficient (Wildman–Crippen LogP) is 18.1. The van der Waals surface area contributed by atoms with Crippen molar-refractivity contribution in [1.29, 1.82) is 0 Å². The Hall–Kier alpha value is -1.25. The largest absolute Gasteiger partial charge is 0.472 e. The topological polar surface area (TPSA) is 134 Å². The number of rotatable bonds is 56. The molecule has 0 aromatic heterocycles. The summed E-state index contributed by atoms with van der Waals surface area (Å²) < 4.78 is 33.0. The number of allylic oxidation sites excluding steroid dienone is 2. The SMILES string of the molecule is CCCCCCCC/C=C\CCCCCCCC(=O)OC(COC(=O)CCCCCCCCCCCCCCCCCCCCCCCCCCCCCCCCC)COP(=O)(O)OCCN. The molecule has 0 radical (unpaired) electrons. The first-order valence-corrected chi connectivity index (χ1v) is 30.7. The van der Waals surface area contributed by atoms with Crippen LogP contribution in [0.4, 0.5) is 0 Å². The lowest BCUT2D eigenvalue weighted by Crippen LogP contribution is -2.29. The van der Waals surface area contributed by atoms with Crippen molar-refractivity contribution in [2.75, 3.05) is 26.4 Å². The first-order valence-electron chi connectivity index (χ1n) is 29.2. The van der Waals surface area contributed by atoms with Crippen molar-refractivity contribution in [3.8, 4) is 0 Å². The number of esters is 2. The maximum atomic E-state index is 12.6. The summed E-state index contributed by atoms with van der Waals surface area (Å²) in [6.45, 7) is 3.78. The van der Waals surface area contributed by atoms with Crippen LogP contribution in [0.3, 0.4) is 0 Å². The van der Waals surface area contributed by atoms with Gasteiger partial charge in [-0.3, -0.25) is 18.6 Å². The Morgan fingerprint density at radius 3 is 1.06 bits per heavy atom. The van der Waals surface area contributed by atoms with Gasteiger partial charge in [0.2, 0.25) is 0 Å². The number of hydrogen-bond acceptors (Lipinski definition) is 8. The standard InChI is InChI=1S/C57H112NO8P/c1-3-5-7-9-11-13-15-17-19-20-21-22-23-24-25-26-27-28-29-30-31-32-33-34-36-37-39-41-43-45-47-49-56(59)63-53-55(54-65-67(61,62)64-52-51-58)66-57(60)50-48-46-44-42-40-38-35-18-16-14-12-10-8-6-4-2/h18,35,55H,3-17,19-34,36-54,58H2,1-2H3,(H,61,62)/b35-18-. The quantitative estimate of drug-likeness (QED) is 0.0264. The molecule has 67 heavy (non-hydrogen) atoms. The van der Waals surface area contributed by atoms with E-state index in [-0.39, 0.29) is 38.6 Å². The van der Waals surface area contributed by atoms with Crippen molar-refractivity contribution in [3.05, 3.63) is 12.2 Å². The van der Waals surface area contributed by atoms with Gasteiger partial charge < -0.3 is 20.1 Å². The summed E-state index contributed by atoms with van der Waals surface area (Å²) in [6.07, 6.45) is 61.5. The minimum absolute atomic E-state index is 0.0552. The third-order valence-electron chi connectivity index (χ3n) is 13.2. The Labute approximate surface area is 415 Å². The van der Waals surface area contributed by atoms with E-state index < -0.39 is 26.5 Å². The molecule has 2 atom stereocenters. The second-order valence-corrected chi connectivity index (χ2v) is 21.3. The number of unbranched alkanes of at least 4 members (excludes halogenated alkanes) is 41. The van der Waals surface area contributed by atoms with Crippen LogP contribution in [0.25, 0.3) is 0 Å². The lowest BCUT2D eigenvalue weighted by molar-refractivity contribution is -0.161. The van der Waals surface area contributed by atoms with Crippen LogP contribution in [0.2, 0.25) is 0 Å². The van der Waals surface area contributed by atoms with E-state index in [0.29, 0.717) is 6.42 Å². The Morgan fingerprint density at radius 2 is 0.731 bits per heavy atom. The fourth-order valence-corrected chi connectivity index (χ4v) is 9.58. The highest BCUT2D eigenvalue weighted by molar-refractivity contribution is 7.47. The van der Waals surface area contributed by atoms with Crippen LogP contribution in [0.5, 0.6) is 0 Å². The maximum Gasteiger partial charge on any atom is 0.472 e. The number of carbonyl (C=O) groups excluding carboxylic acids is 2. The molecule has 0 heterocycles. The molecule has 9 nitrogen and oxygen atoms in total. The molecule has 3 N–H and O–H groups in total. The van der Waals surface area contributed by atoms with Crippen LogP contribution in [-0.4, -0.2) is 49.3 Å². The molecular formula is C57H112NO8P. The van der Waals surface area contributed by atoms with Crippen molar-refractivity contribution < 1.29 is 37.6 Å². The molecule has 0 fully saturated rings. The summed E-state index contributed by atoms with van der Waals surface area (Å²) in [5.41, 5.74) is 5.37. The van der Waals surface area contributed by atoms with Gasteiger partial charge in [-0.25, -0.2) is 4.57 Å². The minimum atomic E-state index is -4.38. The molecular weight excluding hydrogens is 858 g/mol. The van der Waals surface area contributed by atoms with Crippen molar-refractivity contribution in [2.24, 2.45) is 5.73 Å². The number of carbonyl (C=O) groups is 2. The normalized spacial score (nSPS) is 13.1. The molecule has 0 aromatic carbocycles. The smallest absolute Gasteiger partial charge is 0.462 e. The summed E-state index contributed by atoms with van der Waals surface area (Å²) in [5, 5.41) is 0. The van der Waals surface area contributed by atoms with E-state index >= 15 is 0 Å². The van der Waals surface area contributed by atoms with Crippen LogP contribution in [0, 0.1) is 0 Å². The molecule has 0 rings (SSSR count). The van der Waals surface area contributed by atoms with E-state index in [0.717, 1.165) is 51.4 Å². The molecule has 2 unspecified atom stereocenters. The van der Waals surface area contributed by atoms with Gasteiger partial charge in [-0.1, -0.05) is 270 Å². The predicted molar refractivity (Wildman–Crippen MR) is 284 cm³/mol. The summed E-state index contributed by atoms with van der Waals surface area (Å²) in [7, 11) is -4.38. The third-order valence-corrected chi connectivity index (χ3v) is 14.1. The summed E-state index contributed by atoms with van der Waals surface area (Å²) in [5.74, 6) is -0.820. The molecule has 0 bridgehead atoms. The van der Waals surface area contributed by atoms with E-state index in [1.165, 1.54) is 225 Å². The second kappa shape index (κ2) is 54.1. The Balaban J connectivity index is 3.82. The number of hydrogen-bond donors (Lipinski definition) is 2. The van der Waals surface area contributed by atoms with Crippen molar-refractivity contribution in [2.45, 2.75) is 315 Å². The molecule has 398 valence electrons. The van der Waals surface area contributed by atoms with Crippen LogP contribution in [-0.2, 0) is 32.7 Å². The molecule has 0 aliphatic rings. The van der Waals surface area contributed by atoms with Gasteiger partial charge in [0.05, 0.1) is 13.2 Å². The Morgan fingerprint density at radius 1 is 0.433 bits per heavy atom. The Bertz CT molecular complexity index is 1110. The molecule has 0 saturated heterocycles. The van der Waals surface area contributed by atoms with Crippen molar-refractivity contribution >= 4 is 19.8 Å². The highest BCUT2D eigenvalue weighted by Gasteiger charge is 2.26. The average Bonchev–Trinajstić information content (AvgIpc) is 3.32. The zero-order chi connectivity index (χ0) is 48.8. The molecule has 0 spiro atoms. The molecule has 0 aliphatic carbocycles. The summed E-state index contributed by atoms with van der Waals surface area (Å²) in [4.78, 5) is 35.1. The lowest BCUT2D eigenvalue weighted by Gasteiger charge is -2.19. The average molecular weight is 970 g/mol. The van der Waals surface area contributed by atoms with E-state index in [9.17, 15) is 19.0 Å². The number of nitrogens with two attached hydrogens (primary N) is 1. The van der Waals surface area contributed by atoms with Crippen LogP contribution in [0.15, 0.2) is 12.2 Å². The first-order chi connectivity index (χ1) is 32.8. The highest BCUT2D eigenvalue weighted by Crippen LogP contribution is 2.43. The van der Waals surface area contributed by atoms with Gasteiger partial charge in [0.1, 0.15) is 6.61 Å². The van der Waals surface area contributed by atoms with Gasteiger partial charge in [-0.15, -0.1) is 0 Å². The van der Waals surface area contributed by atoms with E-state index in [1.54, 1.807) is 0 Å². The van der Waals surface area contributed by atoms with Gasteiger partial charge >= 0.3 is 19.8 Å². The summed E-state index contributed by atoms with van der Waals surface area (Å²) in [6, 6.07) is 0. The van der Waals surface area contributed by atoms with Gasteiger partial charge in [-0.05, 0) is 38.5 Å². The zero-order valence-electron chi connectivity index (χ0n) is 44.4. The molecule has 0 saturated carbocycles. The van der Waals surface area contributed by atoms with Gasteiger partial charge in [0, 0.05) is 19.4 Å². The van der Waals surface area contributed by atoms with Gasteiger partial charge in [0.15, 0.2) is 6.10 Å².